The van der Waals surface area contributed by atoms with Crippen LogP contribution in [0.4, 0.5) is 0 Å². The van der Waals surface area contributed by atoms with Crippen LogP contribution in [0.1, 0.15) is 23.5 Å². The fraction of sp³-hybridized carbons (Fsp3) is 0.308. The van der Waals surface area contributed by atoms with Crippen molar-refractivity contribution in [3.8, 4) is 0 Å². The molecule has 0 spiro atoms. The summed E-state index contributed by atoms with van der Waals surface area (Å²) >= 11 is 0. The van der Waals surface area contributed by atoms with E-state index >= 15 is 0 Å². The maximum absolute atomic E-state index is 10.5. The zero-order chi connectivity index (χ0) is 26.4. The summed E-state index contributed by atoms with van der Waals surface area (Å²) in [5.74, 6) is 0. The lowest BCUT2D eigenvalue weighted by Crippen LogP contribution is -2.63. The lowest BCUT2D eigenvalue weighted by atomic mass is 9.96. The van der Waals surface area contributed by atoms with Crippen LogP contribution in [-0.2, 0) is 29.1 Å². The molecular formula is C26H29N2O8S+. The Labute approximate surface area is 215 Å². The SMILES string of the molecule is COC1OC2COC(c3ccccc3)OC2/C(=N\O)C1[n+]1ccccc1.Cc1ccc(S(=O)(=O)O)cc1. The van der Waals surface area contributed by atoms with Gasteiger partial charge in [0.05, 0.1) is 11.5 Å². The molecule has 2 aromatic carbocycles. The summed E-state index contributed by atoms with van der Waals surface area (Å²) in [7, 11) is -2.46. The third kappa shape index (κ3) is 6.39. The fourth-order valence-electron chi connectivity index (χ4n) is 4.14. The first kappa shape index (κ1) is 26.9. The van der Waals surface area contributed by atoms with Gasteiger partial charge in [-0.05, 0) is 19.1 Å². The Balaban J connectivity index is 0.000000245. The number of nitrogens with zero attached hydrogens (tertiary/aromatic N) is 2. The number of pyridine rings is 1. The van der Waals surface area contributed by atoms with Gasteiger partial charge in [-0.2, -0.15) is 13.0 Å². The third-order valence-electron chi connectivity index (χ3n) is 5.98. The number of hydrogen-bond donors (Lipinski definition) is 2. The van der Waals surface area contributed by atoms with Crippen molar-refractivity contribution in [1.29, 1.82) is 0 Å². The summed E-state index contributed by atoms with van der Waals surface area (Å²) in [4.78, 5) is -0.0666. The van der Waals surface area contributed by atoms with E-state index in [-0.39, 0.29) is 4.90 Å². The van der Waals surface area contributed by atoms with Crippen molar-refractivity contribution >= 4 is 15.8 Å². The summed E-state index contributed by atoms with van der Waals surface area (Å²) in [5, 5.41) is 13.3. The third-order valence-corrected chi connectivity index (χ3v) is 6.85. The number of fused-ring (bicyclic) bond motifs is 1. The van der Waals surface area contributed by atoms with Gasteiger partial charge in [-0.25, -0.2) is 0 Å². The standard InChI is InChI=1S/C19H20N2O5.C7H8O3S/c1-23-19-16(21-10-6-3-7-11-21)15(20-22)17-14(25-19)12-24-18(26-17)13-8-4-2-5-9-13;1-6-2-4-7(5-3-6)11(8,9)10/h2-11,14,16-19H,12H2,1H3;2-5H,1H3,(H,8,9,10)/p+1/b20-15-;. The molecule has 2 aliphatic heterocycles. The molecule has 0 amide bonds. The molecule has 10 nitrogen and oxygen atoms in total. The van der Waals surface area contributed by atoms with Gasteiger partial charge in [0.2, 0.25) is 6.29 Å². The highest BCUT2D eigenvalue weighted by Gasteiger charge is 2.52. The predicted octanol–water partition coefficient (Wildman–Crippen LogP) is 3.07. The maximum Gasteiger partial charge on any atom is 0.294 e. The van der Waals surface area contributed by atoms with E-state index in [0.29, 0.717) is 12.3 Å². The van der Waals surface area contributed by atoms with E-state index < -0.39 is 40.9 Å². The molecule has 2 saturated heterocycles. The lowest BCUT2D eigenvalue weighted by molar-refractivity contribution is -0.724. The van der Waals surface area contributed by atoms with Crippen LogP contribution in [0.15, 0.2) is 95.2 Å². The van der Waals surface area contributed by atoms with Crippen LogP contribution in [0.2, 0.25) is 0 Å². The van der Waals surface area contributed by atoms with Crippen LogP contribution in [0.25, 0.3) is 0 Å². The Kier molecular flexibility index (Phi) is 8.64. The monoisotopic (exact) mass is 529 g/mol. The molecule has 0 aliphatic carbocycles. The van der Waals surface area contributed by atoms with Gasteiger partial charge in [-0.1, -0.05) is 59.3 Å². The average Bonchev–Trinajstić information content (AvgIpc) is 2.92. The number of hydrogen-bond acceptors (Lipinski definition) is 8. The van der Waals surface area contributed by atoms with Crippen molar-refractivity contribution in [3.63, 3.8) is 0 Å². The molecule has 196 valence electrons. The number of benzene rings is 2. The second-order valence-corrected chi connectivity index (χ2v) is 9.91. The molecule has 3 heterocycles. The summed E-state index contributed by atoms with van der Waals surface area (Å²) in [6, 6.07) is 20.9. The molecule has 0 radical (unpaired) electrons. The molecular weight excluding hydrogens is 500 g/mol. The molecule has 0 saturated carbocycles. The molecule has 3 aromatic rings. The van der Waals surface area contributed by atoms with Crippen LogP contribution in [0.5, 0.6) is 0 Å². The summed E-state index contributed by atoms with van der Waals surface area (Å²) in [6.07, 6.45) is 1.64. The van der Waals surface area contributed by atoms with Gasteiger partial charge in [0.25, 0.3) is 16.2 Å². The minimum atomic E-state index is -4.02. The second kappa shape index (κ2) is 11.9. The molecule has 5 atom stereocenters. The number of ether oxygens (including phenoxy) is 4. The number of oxime groups is 1. The van der Waals surface area contributed by atoms with E-state index in [4.69, 9.17) is 23.5 Å². The summed E-state index contributed by atoms with van der Waals surface area (Å²) < 4.78 is 54.9. The zero-order valence-electron chi connectivity index (χ0n) is 20.3. The molecule has 37 heavy (non-hydrogen) atoms. The normalized spacial score (nSPS) is 26.6. The smallest absolute Gasteiger partial charge is 0.294 e. The highest BCUT2D eigenvalue weighted by atomic mass is 32.2. The molecule has 2 aliphatic rings. The summed E-state index contributed by atoms with van der Waals surface area (Å²) in [5.41, 5.74) is 2.31. The first-order valence-electron chi connectivity index (χ1n) is 11.5. The Morgan fingerprint density at radius 1 is 0.973 bits per heavy atom. The minimum absolute atomic E-state index is 0.0666. The highest BCUT2D eigenvalue weighted by Crippen LogP contribution is 2.35. The number of aryl methyl sites for hydroxylation is 1. The quantitative estimate of drug-likeness (QED) is 0.228. The molecule has 0 bridgehead atoms. The lowest BCUT2D eigenvalue weighted by Gasteiger charge is -2.42. The molecule has 2 fully saturated rings. The minimum Gasteiger partial charge on any atom is -0.411 e. The van der Waals surface area contributed by atoms with Crippen LogP contribution < -0.4 is 4.57 Å². The van der Waals surface area contributed by atoms with Crippen molar-refractivity contribution in [2.24, 2.45) is 5.16 Å². The van der Waals surface area contributed by atoms with Crippen LogP contribution >= 0.6 is 0 Å². The van der Waals surface area contributed by atoms with Crippen LogP contribution in [-0.4, -0.2) is 56.1 Å². The zero-order valence-corrected chi connectivity index (χ0v) is 21.1. The van der Waals surface area contributed by atoms with Gasteiger partial charge in [-0.15, -0.1) is 0 Å². The molecule has 2 N–H and O–H groups in total. The Morgan fingerprint density at radius 2 is 1.62 bits per heavy atom. The maximum atomic E-state index is 10.5. The predicted molar refractivity (Wildman–Crippen MR) is 132 cm³/mol. The van der Waals surface area contributed by atoms with Crippen LogP contribution in [0, 0.1) is 6.92 Å². The topological polar surface area (TPSA) is 128 Å². The van der Waals surface area contributed by atoms with Gasteiger partial charge < -0.3 is 24.2 Å². The van der Waals surface area contributed by atoms with E-state index in [9.17, 15) is 13.6 Å². The van der Waals surface area contributed by atoms with E-state index in [1.54, 1.807) is 19.2 Å². The molecule has 11 heteroatoms. The van der Waals surface area contributed by atoms with Gasteiger partial charge in [0.1, 0.15) is 12.2 Å². The number of aromatic nitrogens is 1. The highest BCUT2D eigenvalue weighted by molar-refractivity contribution is 7.85. The van der Waals surface area contributed by atoms with E-state index in [1.165, 1.54) is 12.1 Å². The first-order valence-corrected chi connectivity index (χ1v) is 13.0. The Hall–Kier alpha value is -3.19. The first-order chi connectivity index (χ1) is 17.8. The van der Waals surface area contributed by atoms with Gasteiger partial charge >= 0.3 is 0 Å². The van der Waals surface area contributed by atoms with E-state index in [0.717, 1.165) is 11.1 Å². The van der Waals surface area contributed by atoms with Gasteiger partial charge in [0.15, 0.2) is 24.4 Å². The van der Waals surface area contributed by atoms with Crippen molar-refractivity contribution in [3.05, 3.63) is 96.3 Å². The van der Waals surface area contributed by atoms with Gasteiger partial charge in [0, 0.05) is 24.8 Å². The van der Waals surface area contributed by atoms with Crippen molar-refractivity contribution in [2.45, 2.75) is 42.6 Å². The Morgan fingerprint density at radius 3 is 2.22 bits per heavy atom. The second-order valence-electron chi connectivity index (χ2n) is 8.49. The van der Waals surface area contributed by atoms with Crippen LogP contribution in [0.3, 0.4) is 0 Å². The fourth-order valence-corrected chi connectivity index (χ4v) is 4.62. The van der Waals surface area contributed by atoms with E-state index in [1.807, 2.05) is 72.4 Å². The van der Waals surface area contributed by atoms with Crippen molar-refractivity contribution in [2.75, 3.05) is 13.7 Å². The summed E-state index contributed by atoms with van der Waals surface area (Å²) in [6.45, 7) is 2.16. The number of rotatable bonds is 4. The Bertz CT molecular complexity index is 1290. The van der Waals surface area contributed by atoms with E-state index in [2.05, 4.69) is 5.16 Å². The van der Waals surface area contributed by atoms with Crippen molar-refractivity contribution in [1.82, 2.24) is 0 Å². The number of methoxy groups -OCH3 is 1. The average molecular weight is 530 g/mol. The van der Waals surface area contributed by atoms with Crippen molar-refractivity contribution < 1.29 is 41.7 Å². The largest absolute Gasteiger partial charge is 0.411 e. The molecule has 5 unspecified atom stereocenters. The van der Waals surface area contributed by atoms with Gasteiger partial charge in [-0.3, -0.25) is 4.55 Å². The molecule has 5 rings (SSSR count). The molecule has 1 aromatic heterocycles.